The normalized spacial score (nSPS) is 12.3. The van der Waals surface area contributed by atoms with Gasteiger partial charge in [0.25, 0.3) is 5.56 Å². The van der Waals surface area contributed by atoms with Crippen molar-refractivity contribution in [1.82, 2.24) is 14.5 Å². The standard InChI is InChI=1S/C19H21N3O3S/c1-4-13(3)20-16(23)11-21-15-9-10-26-17(15)18(24)22(19(21)25)14-7-5-12(2)6-8-14/h5-10,13H,4,11H2,1-3H3,(H,20,23). The number of carbonyl (C=O) groups is 1. The van der Waals surface area contributed by atoms with Crippen LogP contribution in [0, 0.1) is 6.92 Å². The van der Waals surface area contributed by atoms with E-state index in [0.717, 1.165) is 16.6 Å². The molecule has 2 heterocycles. The maximum absolute atomic E-state index is 13.0. The van der Waals surface area contributed by atoms with Gasteiger partial charge in [0.15, 0.2) is 0 Å². The zero-order valence-corrected chi connectivity index (χ0v) is 15.8. The summed E-state index contributed by atoms with van der Waals surface area (Å²) in [7, 11) is 0. The predicted octanol–water partition coefficient (Wildman–Crippen LogP) is 2.44. The number of nitrogens with zero attached hydrogens (tertiary/aromatic N) is 2. The second-order valence-corrected chi connectivity index (χ2v) is 7.27. The molecule has 1 atom stereocenters. The molecule has 0 saturated carbocycles. The highest BCUT2D eigenvalue weighted by atomic mass is 32.1. The Hall–Kier alpha value is -2.67. The Morgan fingerprint density at radius 1 is 1.19 bits per heavy atom. The summed E-state index contributed by atoms with van der Waals surface area (Å²) in [4.78, 5) is 38.2. The van der Waals surface area contributed by atoms with E-state index in [1.807, 2.05) is 32.9 Å². The number of benzene rings is 1. The molecule has 0 spiro atoms. The Bertz CT molecular complexity index is 1060. The molecule has 1 amide bonds. The quantitative estimate of drug-likeness (QED) is 0.749. The van der Waals surface area contributed by atoms with Crippen LogP contribution in [-0.4, -0.2) is 21.1 Å². The van der Waals surface area contributed by atoms with Crippen LogP contribution in [0.3, 0.4) is 0 Å². The van der Waals surface area contributed by atoms with Gasteiger partial charge in [-0.25, -0.2) is 9.36 Å². The minimum absolute atomic E-state index is 0.0270. The average molecular weight is 371 g/mol. The fraction of sp³-hybridized carbons (Fsp3) is 0.316. The third-order valence-electron chi connectivity index (χ3n) is 4.37. The largest absolute Gasteiger partial charge is 0.352 e. The molecular formula is C19H21N3O3S. The van der Waals surface area contributed by atoms with Crippen molar-refractivity contribution in [3.8, 4) is 5.69 Å². The number of fused-ring (bicyclic) bond motifs is 1. The lowest BCUT2D eigenvalue weighted by Gasteiger charge is -2.15. The molecule has 0 aliphatic rings. The molecule has 0 fully saturated rings. The van der Waals surface area contributed by atoms with Crippen molar-refractivity contribution in [3.63, 3.8) is 0 Å². The molecule has 1 N–H and O–H groups in total. The van der Waals surface area contributed by atoms with Crippen LogP contribution in [0.5, 0.6) is 0 Å². The highest BCUT2D eigenvalue weighted by Gasteiger charge is 2.17. The molecule has 3 rings (SSSR count). The zero-order chi connectivity index (χ0) is 18.8. The number of aryl methyl sites for hydroxylation is 1. The minimum Gasteiger partial charge on any atom is -0.352 e. The molecular weight excluding hydrogens is 350 g/mol. The van der Waals surface area contributed by atoms with Crippen molar-refractivity contribution in [2.75, 3.05) is 0 Å². The lowest BCUT2D eigenvalue weighted by molar-refractivity contribution is -0.122. The van der Waals surface area contributed by atoms with Crippen LogP contribution in [-0.2, 0) is 11.3 Å². The van der Waals surface area contributed by atoms with Crippen molar-refractivity contribution in [1.29, 1.82) is 0 Å². The van der Waals surface area contributed by atoms with E-state index in [1.165, 1.54) is 15.9 Å². The van der Waals surface area contributed by atoms with E-state index in [0.29, 0.717) is 15.9 Å². The van der Waals surface area contributed by atoms with Crippen molar-refractivity contribution in [2.24, 2.45) is 0 Å². The maximum atomic E-state index is 13.0. The molecule has 136 valence electrons. The van der Waals surface area contributed by atoms with Crippen molar-refractivity contribution < 1.29 is 4.79 Å². The highest BCUT2D eigenvalue weighted by molar-refractivity contribution is 7.17. The topological polar surface area (TPSA) is 73.1 Å². The molecule has 0 aliphatic heterocycles. The van der Waals surface area contributed by atoms with Crippen LogP contribution >= 0.6 is 11.3 Å². The van der Waals surface area contributed by atoms with E-state index in [2.05, 4.69) is 5.32 Å². The van der Waals surface area contributed by atoms with Gasteiger partial charge in [-0.05, 0) is 43.8 Å². The van der Waals surface area contributed by atoms with E-state index in [4.69, 9.17) is 0 Å². The molecule has 1 unspecified atom stereocenters. The number of hydrogen-bond acceptors (Lipinski definition) is 4. The van der Waals surface area contributed by atoms with Gasteiger partial charge in [0, 0.05) is 6.04 Å². The van der Waals surface area contributed by atoms with Gasteiger partial charge in [0.05, 0.1) is 11.2 Å². The Morgan fingerprint density at radius 2 is 1.88 bits per heavy atom. The number of aromatic nitrogens is 2. The van der Waals surface area contributed by atoms with Crippen LogP contribution in [0.15, 0.2) is 45.3 Å². The molecule has 6 nitrogen and oxygen atoms in total. The summed E-state index contributed by atoms with van der Waals surface area (Å²) in [5.41, 5.74) is 1.16. The summed E-state index contributed by atoms with van der Waals surface area (Å²) in [6.07, 6.45) is 0.803. The predicted molar refractivity (Wildman–Crippen MR) is 104 cm³/mol. The van der Waals surface area contributed by atoms with Gasteiger partial charge in [-0.1, -0.05) is 24.6 Å². The number of carbonyl (C=O) groups excluding carboxylic acids is 1. The van der Waals surface area contributed by atoms with E-state index in [9.17, 15) is 14.4 Å². The van der Waals surface area contributed by atoms with E-state index in [-0.39, 0.29) is 24.1 Å². The summed E-state index contributed by atoms with van der Waals surface area (Å²) in [6.45, 7) is 5.70. The molecule has 26 heavy (non-hydrogen) atoms. The van der Waals surface area contributed by atoms with Gasteiger partial charge < -0.3 is 5.32 Å². The first-order chi connectivity index (χ1) is 12.4. The number of rotatable bonds is 5. The lowest BCUT2D eigenvalue weighted by atomic mass is 10.2. The van der Waals surface area contributed by atoms with Crippen LogP contribution in [0.4, 0.5) is 0 Å². The molecule has 3 aromatic rings. The first kappa shape index (κ1) is 18.1. The molecule has 2 aromatic heterocycles. The second-order valence-electron chi connectivity index (χ2n) is 6.36. The number of amides is 1. The lowest BCUT2D eigenvalue weighted by Crippen LogP contribution is -2.42. The van der Waals surface area contributed by atoms with Crippen LogP contribution in [0.1, 0.15) is 25.8 Å². The minimum atomic E-state index is -0.510. The van der Waals surface area contributed by atoms with E-state index < -0.39 is 5.69 Å². The number of nitrogens with one attached hydrogen (secondary N) is 1. The third-order valence-corrected chi connectivity index (χ3v) is 5.26. The fourth-order valence-electron chi connectivity index (χ4n) is 2.73. The molecule has 0 aliphatic carbocycles. The van der Waals surface area contributed by atoms with Crippen molar-refractivity contribution >= 4 is 27.5 Å². The van der Waals surface area contributed by atoms with Gasteiger partial charge in [-0.2, -0.15) is 0 Å². The first-order valence-electron chi connectivity index (χ1n) is 8.51. The number of hydrogen-bond donors (Lipinski definition) is 1. The van der Waals surface area contributed by atoms with Gasteiger partial charge in [-0.3, -0.25) is 14.2 Å². The molecule has 0 saturated heterocycles. The molecule has 0 bridgehead atoms. The smallest absolute Gasteiger partial charge is 0.336 e. The van der Waals surface area contributed by atoms with Crippen LogP contribution in [0.25, 0.3) is 15.9 Å². The SMILES string of the molecule is CCC(C)NC(=O)Cn1c(=O)n(-c2ccc(C)cc2)c(=O)c2sccc21. The van der Waals surface area contributed by atoms with Crippen LogP contribution < -0.4 is 16.6 Å². The molecule has 7 heteroatoms. The summed E-state index contributed by atoms with van der Waals surface area (Å²) in [6, 6.07) is 8.90. The average Bonchev–Trinajstić information content (AvgIpc) is 3.10. The second kappa shape index (κ2) is 7.29. The third kappa shape index (κ3) is 3.35. The maximum Gasteiger partial charge on any atom is 0.336 e. The molecule has 1 aromatic carbocycles. The van der Waals surface area contributed by atoms with Gasteiger partial charge >= 0.3 is 5.69 Å². The van der Waals surface area contributed by atoms with E-state index >= 15 is 0 Å². The van der Waals surface area contributed by atoms with E-state index in [1.54, 1.807) is 23.6 Å². The fourth-order valence-corrected chi connectivity index (χ4v) is 3.55. The summed E-state index contributed by atoms with van der Waals surface area (Å²) < 4.78 is 2.96. The van der Waals surface area contributed by atoms with Crippen LogP contribution in [0.2, 0.25) is 0 Å². The highest BCUT2D eigenvalue weighted by Crippen LogP contribution is 2.16. The van der Waals surface area contributed by atoms with Gasteiger partial charge in [0.2, 0.25) is 5.91 Å². The summed E-state index contributed by atoms with van der Waals surface area (Å²) >= 11 is 1.27. The monoisotopic (exact) mass is 371 g/mol. The molecule has 0 radical (unpaired) electrons. The Labute approximate surface area is 154 Å². The Kier molecular flexibility index (Phi) is 5.08. The summed E-state index contributed by atoms with van der Waals surface area (Å²) in [5, 5.41) is 4.62. The zero-order valence-electron chi connectivity index (χ0n) is 15.0. The summed E-state index contributed by atoms with van der Waals surface area (Å²) in [5.74, 6) is -0.247. The number of thiophene rings is 1. The Balaban J connectivity index is 2.16. The first-order valence-corrected chi connectivity index (χ1v) is 9.39. The Morgan fingerprint density at radius 3 is 2.54 bits per heavy atom. The van der Waals surface area contributed by atoms with Gasteiger partial charge in [0.1, 0.15) is 11.2 Å². The van der Waals surface area contributed by atoms with Gasteiger partial charge in [-0.15, -0.1) is 11.3 Å². The van der Waals surface area contributed by atoms with Crippen molar-refractivity contribution in [3.05, 3.63) is 62.1 Å². The van der Waals surface area contributed by atoms with Crippen molar-refractivity contribution in [2.45, 2.75) is 39.8 Å².